The SMILES string of the molecule is C=CCCCOC(=O)[C@@H]1[C@H]2C(=O)N([C@@H](CO)[C@@H](C)CC)C(C(=O)N(CC=C)c3ccc(Cl)cc3)C23CC[C@H]1O3. The number of aliphatic hydroxyl groups excluding tert-OH is 1. The average Bonchev–Trinajstić information content (AvgIpc) is 3.58. The van der Waals surface area contributed by atoms with Crippen molar-refractivity contribution in [3.05, 3.63) is 54.6 Å². The maximum absolute atomic E-state index is 14.5. The van der Waals surface area contributed by atoms with Crippen molar-refractivity contribution in [2.24, 2.45) is 17.8 Å². The topological polar surface area (TPSA) is 96.4 Å². The van der Waals surface area contributed by atoms with Gasteiger partial charge in [0, 0.05) is 17.3 Å². The number of anilines is 1. The van der Waals surface area contributed by atoms with E-state index in [-0.39, 0.29) is 37.5 Å². The Kier molecular flexibility index (Phi) is 9.19. The fourth-order valence-corrected chi connectivity index (χ4v) is 6.65. The molecule has 4 rings (SSSR count). The summed E-state index contributed by atoms with van der Waals surface area (Å²) in [7, 11) is 0. The molecule has 3 saturated heterocycles. The number of aliphatic hydroxyl groups is 1. The van der Waals surface area contributed by atoms with Crippen LogP contribution < -0.4 is 4.90 Å². The van der Waals surface area contributed by atoms with E-state index in [0.29, 0.717) is 42.8 Å². The van der Waals surface area contributed by atoms with E-state index in [2.05, 4.69) is 13.2 Å². The molecule has 3 heterocycles. The highest BCUT2D eigenvalue weighted by atomic mass is 35.5. The zero-order valence-electron chi connectivity index (χ0n) is 22.8. The number of allylic oxidation sites excluding steroid dienone is 1. The van der Waals surface area contributed by atoms with Crippen molar-refractivity contribution in [1.82, 2.24) is 4.90 Å². The normalized spacial score (nSPS) is 28.6. The summed E-state index contributed by atoms with van der Waals surface area (Å²) < 4.78 is 12.1. The predicted molar refractivity (Wildman–Crippen MR) is 149 cm³/mol. The second kappa shape index (κ2) is 12.2. The molecule has 39 heavy (non-hydrogen) atoms. The van der Waals surface area contributed by atoms with Crippen molar-refractivity contribution in [3.8, 4) is 0 Å². The van der Waals surface area contributed by atoms with Gasteiger partial charge in [0.1, 0.15) is 11.6 Å². The fourth-order valence-electron chi connectivity index (χ4n) is 6.53. The Balaban J connectivity index is 1.76. The second-order valence-electron chi connectivity index (χ2n) is 10.7. The molecule has 212 valence electrons. The average molecular weight is 559 g/mol. The zero-order chi connectivity index (χ0) is 28.3. The van der Waals surface area contributed by atoms with Gasteiger partial charge in [-0.1, -0.05) is 44.0 Å². The van der Waals surface area contributed by atoms with Gasteiger partial charge in [0.2, 0.25) is 5.91 Å². The molecule has 8 nitrogen and oxygen atoms in total. The second-order valence-corrected chi connectivity index (χ2v) is 11.2. The first-order valence-electron chi connectivity index (χ1n) is 13.8. The molecule has 1 N–H and O–H groups in total. The third-order valence-corrected chi connectivity index (χ3v) is 8.85. The van der Waals surface area contributed by atoms with E-state index in [1.807, 2.05) is 13.8 Å². The van der Waals surface area contributed by atoms with Gasteiger partial charge >= 0.3 is 5.97 Å². The maximum atomic E-state index is 14.5. The van der Waals surface area contributed by atoms with Crippen LogP contribution in [0.25, 0.3) is 0 Å². The first-order valence-corrected chi connectivity index (χ1v) is 14.2. The van der Waals surface area contributed by atoms with Crippen molar-refractivity contribution >= 4 is 35.1 Å². The number of rotatable bonds is 13. The van der Waals surface area contributed by atoms with Gasteiger partial charge in [0.25, 0.3) is 5.91 Å². The lowest BCUT2D eigenvalue weighted by molar-refractivity contribution is -0.156. The molecule has 0 radical (unpaired) electrons. The van der Waals surface area contributed by atoms with E-state index in [9.17, 15) is 19.5 Å². The first-order chi connectivity index (χ1) is 18.7. The van der Waals surface area contributed by atoms with Crippen molar-refractivity contribution in [2.45, 2.75) is 69.7 Å². The molecule has 7 atom stereocenters. The van der Waals surface area contributed by atoms with Crippen LogP contribution in [0.15, 0.2) is 49.6 Å². The summed E-state index contributed by atoms with van der Waals surface area (Å²) >= 11 is 6.10. The Bertz CT molecular complexity index is 1090. The van der Waals surface area contributed by atoms with Crippen molar-refractivity contribution in [2.75, 3.05) is 24.7 Å². The number of hydrogen-bond acceptors (Lipinski definition) is 6. The Morgan fingerprint density at radius 1 is 1.31 bits per heavy atom. The zero-order valence-corrected chi connectivity index (χ0v) is 23.5. The van der Waals surface area contributed by atoms with Crippen molar-refractivity contribution in [1.29, 1.82) is 0 Å². The monoisotopic (exact) mass is 558 g/mol. The van der Waals surface area contributed by atoms with Gasteiger partial charge in [-0.15, -0.1) is 13.2 Å². The summed E-state index contributed by atoms with van der Waals surface area (Å²) in [4.78, 5) is 45.2. The number of esters is 1. The molecule has 1 aromatic rings. The molecule has 2 amide bonds. The Labute approximate surface area is 235 Å². The summed E-state index contributed by atoms with van der Waals surface area (Å²) in [6.07, 6.45) is 5.94. The van der Waals surface area contributed by atoms with Gasteiger partial charge < -0.3 is 24.4 Å². The van der Waals surface area contributed by atoms with Crippen LogP contribution in [0.2, 0.25) is 5.02 Å². The molecular formula is C30H39ClN2O6. The van der Waals surface area contributed by atoms with Gasteiger partial charge in [-0.2, -0.15) is 0 Å². The Hall–Kier alpha value is -2.68. The molecule has 2 unspecified atom stereocenters. The molecule has 3 fully saturated rings. The van der Waals surface area contributed by atoms with E-state index in [1.165, 1.54) is 4.90 Å². The minimum atomic E-state index is -1.18. The highest BCUT2D eigenvalue weighted by Gasteiger charge is 2.75. The molecule has 2 bridgehead atoms. The van der Waals surface area contributed by atoms with Crippen LogP contribution in [0.5, 0.6) is 0 Å². The van der Waals surface area contributed by atoms with Crippen LogP contribution in [0.1, 0.15) is 46.0 Å². The lowest BCUT2D eigenvalue weighted by Gasteiger charge is -2.40. The molecule has 3 aliphatic heterocycles. The number of carbonyl (C=O) groups excluding carboxylic acids is 3. The molecule has 1 aromatic carbocycles. The van der Waals surface area contributed by atoms with Gasteiger partial charge in [0.15, 0.2) is 0 Å². The van der Waals surface area contributed by atoms with E-state index >= 15 is 0 Å². The summed E-state index contributed by atoms with van der Waals surface area (Å²) in [5.74, 6) is -2.88. The summed E-state index contributed by atoms with van der Waals surface area (Å²) in [6, 6.07) is 5.26. The highest BCUT2D eigenvalue weighted by molar-refractivity contribution is 6.30. The molecule has 9 heteroatoms. The van der Waals surface area contributed by atoms with E-state index in [1.54, 1.807) is 41.3 Å². The van der Waals surface area contributed by atoms with Crippen LogP contribution in [-0.2, 0) is 23.9 Å². The number of carbonyl (C=O) groups is 3. The number of benzene rings is 1. The molecule has 0 aromatic heterocycles. The fraction of sp³-hybridized carbons (Fsp3) is 0.567. The first kappa shape index (κ1) is 29.3. The minimum Gasteiger partial charge on any atom is -0.465 e. The number of likely N-dealkylation sites (tertiary alicyclic amines) is 1. The smallest absolute Gasteiger partial charge is 0.312 e. The van der Waals surface area contributed by atoms with Crippen LogP contribution in [0.4, 0.5) is 5.69 Å². The van der Waals surface area contributed by atoms with Crippen LogP contribution >= 0.6 is 11.6 Å². The molecule has 1 spiro atoms. The molecule has 3 aliphatic rings. The number of amides is 2. The van der Waals surface area contributed by atoms with Crippen LogP contribution in [0.3, 0.4) is 0 Å². The summed E-state index contributed by atoms with van der Waals surface area (Å²) in [5, 5.41) is 11.0. The third-order valence-electron chi connectivity index (χ3n) is 8.60. The van der Waals surface area contributed by atoms with Crippen molar-refractivity contribution in [3.63, 3.8) is 0 Å². The lowest BCUT2D eigenvalue weighted by Crippen LogP contribution is -2.60. The molecular weight excluding hydrogens is 520 g/mol. The van der Waals surface area contributed by atoms with Crippen LogP contribution in [-0.4, -0.2) is 71.3 Å². The number of fused-ring (bicyclic) bond motifs is 1. The van der Waals surface area contributed by atoms with Gasteiger partial charge in [0.05, 0.1) is 37.2 Å². The molecule has 0 aliphatic carbocycles. The standard InChI is InChI=1S/C30H39ClN2O6/c1-5-8-9-17-38-29(37)24-23-14-15-30(39-23)25(24)27(35)33(22(18-34)19(4)7-3)26(30)28(36)32(16-6-2)21-12-10-20(31)11-13-21/h5-6,10-13,19,22-26,34H,1-2,7-9,14-18H2,3-4H3/t19-,22-,23+,24-,25-,26?,30?/m0/s1. The number of ether oxygens (including phenoxy) is 2. The number of unbranched alkanes of at least 4 members (excludes halogenated alkanes) is 1. The van der Waals surface area contributed by atoms with Gasteiger partial charge in [-0.05, 0) is 55.9 Å². The van der Waals surface area contributed by atoms with Gasteiger partial charge in [-0.25, -0.2) is 0 Å². The largest absolute Gasteiger partial charge is 0.465 e. The Morgan fingerprint density at radius 3 is 2.64 bits per heavy atom. The maximum Gasteiger partial charge on any atom is 0.312 e. The number of hydrogen-bond donors (Lipinski definition) is 1. The minimum absolute atomic E-state index is 0.0885. The van der Waals surface area contributed by atoms with Crippen LogP contribution in [0, 0.1) is 17.8 Å². The quantitative estimate of drug-likeness (QED) is 0.222. The number of nitrogens with zero attached hydrogens (tertiary/aromatic N) is 2. The lowest BCUT2D eigenvalue weighted by atomic mass is 9.70. The summed E-state index contributed by atoms with van der Waals surface area (Å²) in [6.45, 7) is 11.6. The summed E-state index contributed by atoms with van der Waals surface area (Å²) in [5.41, 5.74) is -0.581. The number of halogens is 1. The Morgan fingerprint density at radius 2 is 2.03 bits per heavy atom. The van der Waals surface area contributed by atoms with Crippen molar-refractivity contribution < 1.29 is 29.0 Å². The van der Waals surface area contributed by atoms with E-state index in [4.69, 9.17) is 21.1 Å². The predicted octanol–water partition coefficient (Wildman–Crippen LogP) is 4.15. The van der Waals surface area contributed by atoms with E-state index in [0.717, 1.165) is 0 Å². The highest BCUT2D eigenvalue weighted by Crippen LogP contribution is 2.59. The van der Waals surface area contributed by atoms with Gasteiger partial charge in [-0.3, -0.25) is 14.4 Å². The third kappa shape index (κ3) is 5.14. The molecule has 0 saturated carbocycles. The van der Waals surface area contributed by atoms with E-state index < -0.39 is 41.6 Å².